The van der Waals surface area contributed by atoms with Crippen LogP contribution in [0.4, 0.5) is 5.69 Å². The van der Waals surface area contributed by atoms with Gasteiger partial charge in [-0.2, -0.15) is 0 Å². The van der Waals surface area contributed by atoms with E-state index in [0.717, 1.165) is 5.56 Å². The van der Waals surface area contributed by atoms with Gasteiger partial charge in [-0.15, -0.1) is 0 Å². The van der Waals surface area contributed by atoms with E-state index in [-0.39, 0.29) is 11.9 Å². The molecule has 0 fully saturated rings. The van der Waals surface area contributed by atoms with Crippen LogP contribution in [0.3, 0.4) is 0 Å². The van der Waals surface area contributed by atoms with Crippen LogP contribution < -0.4 is 5.32 Å². The number of benzene rings is 2. The lowest BCUT2D eigenvalue weighted by Crippen LogP contribution is -2.12. The summed E-state index contributed by atoms with van der Waals surface area (Å²) in [5, 5.41) is 2.81. The number of esters is 1. The van der Waals surface area contributed by atoms with Crippen molar-refractivity contribution in [2.45, 2.75) is 13.8 Å². The van der Waals surface area contributed by atoms with Gasteiger partial charge in [0.1, 0.15) is 11.5 Å². The van der Waals surface area contributed by atoms with Crippen molar-refractivity contribution in [1.82, 2.24) is 0 Å². The summed E-state index contributed by atoms with van der Waals surface area (Å²) in [4.78, 5) is 24.2. The number of nitrogens with one attached hydrogen (secondary N) is 1. The fourth-order valence-corrected chi connectivity index (χ4v) is 2.55. The molecule has 0 spiro atoms. The van der Waals surface area contributed by atoms with E-state index in [0.29, 0.717) is 34.9 Å². The van der Waals surface area contributed by atoms with E-state index in [1.165, 1.54) is 0 Å². The number of carbonyl (C=O) groups excluding carboxylic acids is 2. The lowest BCUT2D eigenvalue weighted by Gasteiger charge is -2.06. The molecule has 26 heavy (non-hydrogen) atoms. The maximum Gasteiger partial charge on any atom is 0.338 e. The zero-order valence-electron chi connectivity index (χ0n) is 14.6. The molecule has 1 N–H and O–H groups in total. The third-order valence-electron chi connectivity index (χ3n) is 3.87. The number of amides is 1. The summed E-state index contributed by atoms with van der Waals surface area (Å²) in [7, 11) is 0. The van der Waals surface area contributed by atoms with Gasteiger partial charge in [-0.1, -0.05) is 30.3 Å². The molecular weight excluding hydrogens is 330 g/mol. The van der Waals surface area contributed by atoms with Crippen LogP contribution >= 0.6 is 0 Å². The van der Waals surface area contributed by atoms with Crippen LogP contribution in [-0.2, 0) is 4.74 Å². The smallest absolute Gasteiger partial charge is 0.338 e. The predicted octanol–water partition coefficient (Wildman–Crippen LogP) is 4.68. The Morgan fingerprint density at radius 3 is 2.38 bits per heavy atom. The molecule has 0 saturated carbocycles. The largest absolute Gasteiger partial charge is 0.462 e. The standard InChI is InChI=1S/C21H19NO4/c1-3-25-21(24)16-9-11-17(12-10-16)22-20(23)18-13-19(26-14(18)2)15-7-5-4-6-8-15/h4-13H,3H2,1-2H3,(H,22,23). The van der Waals surface area contributed by atoms with Gasteiger partial charge >= 0.3 is 5.97 Å². The Morgan fingerprint density at radius 2 is 1.73 bits per heavy atom. The highest BCUT2D eigenvalue weighted by Crippen LogP contribution is 2.26. The first kappa shape index (κ1) is 17.5. The van der Waals surface area contributed by atoms with Gasteiger partial charge in [0.2, 0.25) is 0 Å². The van der Waals surface area contributed by atoms with E-state index in [1.54, 1.807) is 44.2 Å². The molecule has 0 bridgehead atoms. The van der Waals surface area contributed by atoms with Gasteiger partial charge in [0.25, 0.3) is 5.91 Å². The average Bonchev–Trinajstić information content (AvgIpc) is 3.05. The first-order valence-corrected chi connectivity index (χ1v) is 8.33. The lowest BCUT2D eigenvalue weighted by molar-refractivity contribution is 0.0526. The molecule has 5 heteroatoms. The molecule has 0 radical (unpaired) electrons. The highest BCUT2D eigenvalue weighted by molar-refractivity contribution is 6.05. The van der Waals surface area contributed by atoms with Crippen LogP contribution in [0.2, 0.25) is 0 Å². The second-order valence-electron chi connectivity index (χ2n) is 5.70. The van der Waals surface area contributed by atoms with Crippen molar-refractivity contribution in [3.63, 3.8) is 0 Å². The maximum absolute atomic E-state index is 12.5. The Labute approximate surface area is 151 Å². The van der Waals surface area contributed by atoms with E-state index < -0.39 is 0 Å². The van der Waals surface area contributed by atoms with Crippen LogP contribution in [0.25, 0.3) is 11.3 Å². The van der Waals surface area contributed by atoms with Crippen molar-refractivity contribution in [2.24, 2.45) is 0 Å². The normalized spacial score (nSPS) is 10.4. The molecule has 1 heterocycles. The van der Waals surface area contributed by atoms with Gasteiger partial charge in [0.15, 0.2) is 0 Å². The molecule has 0 aliphatic carbocycles. The number of rotatable bonds is 5. The zero-order valence-corrected chi connectivity index (χ0v) is 14.6. The summed E-state index contributed by atoms with van der Waals surface area (Å²) in [6.07, 6.45) is 0. The number of aryl methyl sites for hydroxylation is 1. The SMILES string of the molecule is CCOC(=O)c1ccc(NC(=O)c2cc(-c3ccccc3)oc2C)cc1. The highest BCUT2D eigenvalue weighted by Gasteiger charge is 2.16. The monoisotopic (exact) mass is 349 g/mol. The molecule has 0 atom stereocenters. The molecular formula is C21H19NO4. The van der Waals surface area contributed by atoms with Crippen molar-refractivity contribution >= 4 is 17.6 Å². The Kier molecular flexibility index (Phi) is 5.17. The first-order valence-electron chi connectivity index (χ1n) is 8.33. The van der Waals surface area contributed by atoms with E-state index in [9.17, 15) is 9.59 Å². The van der Waals surface area contributed by atoms with Crippen LogP contribution in [0, 0.1) is 6.92 Å². The van der Waals surface area contributed by atoms with Crippen molar-refractivity contribution in [2.75, 3.05) is 11.9 Å². The van der Waals surface area contributed by atoms with E-state index >= 15 is 0 Å². The summed E-state index contributed by atoms with van der Waals surface area (Å²) in [6.45, 7) is 3.83. The molecule has 3 aromatic rings. The molecule has 1 amide bonds. The first-order chi connectivity index (χ1) is 12.6. The molecule has 3 rings (SSSR count). The zero-order chi connectivity index (χ0) is 18.5. The van der Waals surface area contributed by atoms with Gasteiger partial charge < -0.3 is 14.5 Å². The number of carbonyl (C=O) groups is 2. The van der Waals surface area contributed by atoms with Crippen molar-refractivity contribution in [1.29, 1.82) is 0 Å². The molecule has 0 aliphatic heterocycles. The minimum Gasteiger partial charge on any atom is -0.462 e. The van der Waals surface area contributed by atoms with Gasteiger partial charge in [-0.3, -0.25) is 4.79 Å². The quantitative estimate of drug-likeness (QED) is 0.679. The van der Waals surface area contributed by atoms with Gasteiger partial charge in [-0.25, -0.2) is 4.79 Å². The summed E-state index contributed by atoms with van der Waals surface area (Å²) in [6, 6.07) is 17.9. The molecule has 2 aromatic carbocycles. The van der Waals surface area contributed by atoms with E-state index in [2.05, 4.69) is 5.32 Å². The van der Waals surface area contributed by atoms with Crippen LogP contribution in [0.15, 0.2) is 65.1 Å². The highest BCUT2D eigenvalue weighted by atomic mass is 16.5. The van der Waals surface area contributed by atoms with E-state index in [4.69, 9.17) is 9.15 Å². The van der Waals surface area contributed by atoms with E-state index in [1.807, 2.05) is 30.3 Å². The molecule has 5 nitrogen and oxygen atoms in total. The lowest BCUT2D eigenvalue weighted by atomic mass is 10.1. The summed E-state index contributed by atoms with van der Waals surface area (Å²) < 4.78 is 10.7. The number of ether oxygens (including phenoxy) is 1. The number of anilines is 1. The topological polar surface area (TPSA) is 68.5 Å². The average molecular weight is 349 g/mol. The Balaban J connectivity index is 1.74. The number of hydrogen-bond acceptors (Lipinski definition) is 4. The predicted molar refractivity (Wildman–Crippen MR) is 99.2 cm³/mol. The number of hydrogen-bond donors (Lipinski definition) is 1. The maximum atomic E-state index is 12.5. The Bertz CT molecular complexity index is 911. The van der Waals surface area contributed by atoms with Crippen molar-refractivity contribution in [3.05, 3.63) is 77.6 Å². The summed E-state index contributed by atoms with van der Waals surface area (Å²) >= 11 is 0. The van der Waals surface area contributed by atoms with Gasteiger partial charge in [0.05, 0.1) is 17.7 Å². The van der Waals surface area contributed by atoms with Crippen LogP contribution in [0.1, 0.15) is 33.4 Å². The number of furan rings is 1. The fourth-order valence-electron chi connectivity index (χ4n) is 2.55. The third kappa shape index (κ3) is 3.83. The van der Waals surface area contributed by atoms with Gasteiger partial charge in [0, 0.05) is 11.3 Å². The minimum atomic E-state index is -0.386. The second-order valence-corrected chi connectivity index (χ2v) is 5.70. The van der Waals surface area contributed by atoms with Crippen molar-refractivity contribution in [3.8, 4) is 11.3 Å². The Morgan fingerprint density at radius 1 is 1.04 bits per heavy atom. The summed E-state index contributed by atoms with van der Waals surface area (Å²) in [5.74, 6) is 0.538. The summed E-state index contributed by atoms with van der Waals surface area (Å²) in [5.41, 5.74) is 2.41. The Hall–Kier alpha value is -3.34. The molecule has 0 unspecified atom stereocenters. The molecule has 0 saturated heterocycles. The third-order valence-corrected chi connectivity index (χ3v) is 3.87. The van der Waals surface area contributed by atoms with Crippen molar-refractivity contribution < 1.29 is 18.7 Å². The van der Waals surface area contributed by atoms with Crippen LogP contribution in [0.5, 0.6) is 0 Å². The molecule has 1 aromatic heterocycles. The fraction of sp³-hybridized carbons (Fsp3) is 0.143. The molecule has 0 aliphatic rings. The van der Waals surface area contributed by atoms with Crippen LogP contribution in [-0.4, -0.2) is 18.5 Å². The second kappa shape index (κ2) is 7.70. The van der Waals surface area contributed by atoms with Gasteiger partial charge in [-0.05, 0) is 44.2 Å². The minimum absolute atomic E-state index is 0.266. The molecule has 132 valence electrons.